The molecule has 3 aromatic rings. The number of phenolic OH excluding ortho intramolecular Hbond substituents is 1. The van der Waals surface area contributed by atoms with Crippen LogP contribution >= 0.6 is 0 Å². The maximum absolute atomic E-state index is 9.48. The van der Waals surface area contributed by atoms with E-state index in [0.717, 1.165) is 11.1 Å². The molecule has 0 aliphatic rings. The van der Waals surface area contributed by atoms with Crippen LogP contribution in [0.2, 0.25) is 0 Å². The number of hydrogen-bond acceptors (Lipinski definition) is 7. The molecule has 140 valence electrons. The summed E-state index contributed by atoms with van der Waals surface area (Å²) in [7, 11) is 4.74. The molecule has 0 aliphatic carbocycles. The zero-order valence-electron chi connectivity index (χ0n) is 15.4. The first-order valence-corrected chi connectivity index (χ1v) is 8.29. The van der Waals surface area contributed by atoms with Crippen LogP contribution in [0.3, 0.4) is 0 Å². The lowest BCUT2D eigenvalue weighted by atomic mass is 10.1. The number of hydrogen-bond donors (Lipinski definition) is 2. The average Bonchev–Trinajstić information content (AvgIpc) is 2.72. The predicted octanol–water partition coefficient (Wildman–Crippen LogP) is 3.49. The maximum atomic E-state index is 9.48. The third-order valence-corrected chi connectivity index (χ3v) is 4.02. The van der Waals surface area contributed by atoms with Gasteiger partial charge in [0.1, 0.15) is 11.4 Å². The van der Waals surface area contributed by atoms with E-state index < -0.39 is 0 Å². The van der Waals surface area contributed by atoms with Gasteiger partial charge < -0.3 is 24.6 Å². The van der Waals surface area contributed by atoms with Crippen LogP contribution in [-0.2, 0) is 6.54 Å². The number of benzene rings is 2. The minimum Gasteiger partial charge on any atom is -0.508 e. The molecule has 1 aromatic heterocycles. The summed E-state index contributed by atoms with van der Waals surface area (Å²) < 4.78 is 16.1. The zero-order chi connectivity index (χ0) is 19.2. The molecule has 0 fully saturated rings. The lowest BCUT2D eigenvalue weighted by Gasteiger charge is -2.15. The standard InChI is InChI=1S/C20H21N3O4/c1-25-16-10-13(11-17(26-2)19(16)27-3)12-23-20-18(21-8-9-22-20)14-4-6-15(24)7-5-14/h4-11,24H,12H2,1-3H3,(H,22,23). The molecule has 1 heterocycles. The summed E-state index contributed by atoms with van der Waals surface area (Å²) >= 11 is 0. The fraction of sp³-hybridized carbons (Fsp3) is 0.200. The number of aromatic nitrogens is 2. The van der Waals surface area contributed by atoms with Crippen molar-refractivity contribution in [1.29, 1.82) is 0 Å². The van der Waals surface area contributed by atoms with Gasteiger partial charge in [-0.3, -0.25) is 4.98 Å². The first-order chi connectivity index (χ1) is 13.2. The number of nitrogens with one attached hydrogen (secondary N) is 1. The molecule has 0 aliphatic heterocycles. The van der Waals surface area contributed by atoms with Gasteiger partial charge in [-0.1, -0.05) is 0 Å². The zero-order valence-corrected chi connectivity index (χ0v) is 15.4. The van der Waals surface area contributed by atoms with Gasteiger partial charge >= 0.3 is 0 Å². The molecule has 0 radical (unpaired) electrons. The topological polar surface area (TPSA) is 85.7 Å². The van der Waals surface area contributed by atoms with Gasteiger partial charge in [0, 0.05) is 24.5 Å². The molecular weight excluding hydrogens is 346 g/mol. The second-order valence-electron chi connectivity index (χ2n) is 5.69. The summed E-state index contributed by atoms with van der Waals surface area (Å²) in [6, 6.07) is 10.6. The van der Waals surface area contributed by atoms with Crippen molar-refractivity contribution in [1.82, 2.24) is 9.97 Å². The number of methoxy groups -OCH3 is 3. The van der Waals surface area contributed by atoms with Gasteiger partial charge in [-0.15, -0.1) is 0 Å². The molecule has 27 heavy (non-hydrogen) atoms. The highest BCUT2D eigenvalue weighted by atomic mass is 16.5. The van der Waals surface area contributed by atoms with E-state index >= 15 is 0 Å². The summed E-state index contributed by atoms with van der Waals surface area (Å²) in [6.07, 6.45) is 3.26. The number of phenols is 1. The molecule has 0 spiro atoms. The summed E-state index contributed by atoms with van der Waals surface area (Å²) in [4.78, 5) is 8.80. The van der Waals surface area contributed by atoms with Crippen molar-refractivity contribution in [2.24, 2.45) is 0 Å². The number of anilines is 1. The second kappa shape index (κ2) is 8.27. The lowest BCUT2D eigenvalue weighted by Crippen LogP contribution is -2.05. The Kier molecular flexibility index (Phi) is 5.61. The quantitative estimate of drug-likeness (QED) is 0.661. The first-order valence-electron chi connectivity index (χ1n) is 8.29. The van der Waals surface area contributed by atoms with Crippen molar-refractivity contribution in [2.45, 2.75) is 6.54 Å². The highest BCUT2D eigenvalue weighted by Gasteiger charge is 2.14. The van der Waals surface area contributed by atoms with E-state index in [9.17, 15) is 5.11 Å². The van der Waals surface area contributed by atoms with E-state index in [4.69, 9.17) is 14.2 Å². The van der Waals surface area contributed by atoms with Gasteiger partial charge in [0.05, 0.1) is 21.3 Å². The summed E-state index contributed by atoms with van der Waals surface area (Å²) in [5.74, 6) is 2.57. The van der Waals surface area contributed by atoms with Crippen molar-refractivity contribution in [3.8, 4) is 34.3 Å². The summed E-state index contributed by atoms with van der Waals surface area (Å²) in [6.45, 7) is 0.487. The molecule has 3 rings (SSSR count). The smallest absolute Gasteiger partial charge is 0.203 e. The van der Waals surface area contributed by atoms with Gasteiger partial charge in [-0.25, -0.2) is 4.98 Å². The van der Waals surface area contributed by atoms with E-state index in [1.165, 1.54) is 0 Å². The molecule has 0 atom stereocenters. The molecule has 0 unspecified atom stereocenters. The third-order valence-electron chi connectivity index (χ3n) is 4.02. The molecule has 7 nitrogen and oxygen atoms in total. The van der Waals surface area contributed by atoms with Crippen LogP contribution in [0.4, 0.5) is 5.82 Å². The Morgan fingerprint density at radius 1 is 0.889 bits per heavy atom. The minimum absolute atomic E-state index is 0.203. The molecule has 7 heteroatoms. The Morgan fingerprint density at radius 3 is 2.11 bits per heavy atom. The van der Waals surface area contributed by atoms with Crippen LogP contribution in [0.1, 0.15) is 5.56 Å². The Balaban J connectivity index is 1.86. The fourth-order valence-electron chi connectivity index (χ4n) is 2.72. The van der Waals surface area contributed by atoms with Crippen molar-refractivity contribution < 1.29 is 19.3 Å². The largest absolute Gasteiger partial charge is 0.508 e. The van der Waals surface area contributed by atoms with Crippen LogP contribution in [0.25, 0.3) is 11.3 Å². The van der Waals surface area contributed by atoms with Gasteiger partial charge in [-0.05, 0) is 42.0 Å². The molecule has 2 aromatic carbocycles. The van der Waals surface area contributed by atoms with Gasteiger partial charge in [0.15, 0.2) is 17.3 Å². The van der Waals surface area contributed by atoms with Crippen molar-refractivity contribution in [2.75, 3.05) is 26.6 Å². The number of ether oxygens (including phenoxy) is 3. The Labute approximate surface area is 157 Å². The van der Waals surface area contributed by atoms with Crippen LogP contribution < -0.4 is 19.5 Å². The van der Waals surface area contributed by atoms with E-state index in [0.29, 0.717) is 35.3 Å². The van der Waals surface area contributed by atoms with Gasteiger partial charge in [0.25, 0.3) is 0 Å². The fourth-order valence-corrected chi connectivity index (χ4v) is 2.72. The summed E-state index contributed by atoms with van der Waals surface area (Å²) in [5, 5.41) is 12.8. The lowest BCUT2D eigenvalue weighted by molar-refractivity contribution is 0.324. The normalized spacial score (nSPS) is 10.3. The molecule has 0 saturated heterocycles. The van der Waals surface area contributed by atoms with Crippen molar-refractivity contribution >= 4 is 5.82 Å². The Bertz CT molecular complexity index is 888. The highest BCUT2D eigenvalue weighted by Crippen LogP contribution is 2.38. The molecular formula is C20H21N3O4. The van der Waals surface area contributed by atoms with E-state index in [2.05, 4.69) is 15.3 Å². The van der Waals surface area contributed by atoms with Crippen molar-refractivity contribution in [3.05, 3.63) is 54.4 Å². The first kappa shape index (κ1) is 18.3. The number of nitrogens with zero attached hydrogens (tertiary/aromatic N) is 2. The highest BCUT2D eigenvalue weighted by molar-refractivity contribution is 5.71. The van der Waals surface area contributed by atoms with Crippen LogP contribution in [0.5, 0.6) is 23.0 Å². The Morgan fingerprint density at radius 2 is 1.52 bits per heavy atom. The minimum atomic E-state index is 0.203. The number of rotatable bonds is 7. The van der Waals surface area contributed by atoms with Crippen LogP contribution in [0.15, 0.2) is 48.8 Å². The van der Waals surface area contributed by atoms with E-state index in [-0.39, 0.29) is 5.75 Å². The monoisotopic (exact) mass is 367 g/mol. The number of aromatic hydroxyl groups is 1. The predicted molar refractivity (Wildman–Crippen MR) is 103 cm³/mol. The molecule has 2 N–H and O–H groups in total. The van der Waals surface area contributed by atoms with E-state index in [1.807, 2.05) is 12.1 Å². The van der Waals surface area contributed by atoms with E-state index in [1.54, 1.807) is 58.0 Å². The maximum Gasteiger partial charge on any atom is 0.203 e. The third kappa shape index (κ3) is 4.03. The van der Waals surface area contributed by atoms with Crippen LogP contribution in [0, 0.1) is 0 Å². The Hall–Kier alpha value is -3.48. The van der Waals surface area contributed by atoms with Crippen molar-refractivity contribution in [3.63, 3.8) is 0 Å². The van der Waals surface area contributed by atoms with Gasteiger partial charge in [-0.2, -0.15) is 0 Å². The second-order valence-corrected chi connectivity index (χ2v) is 5.69. The van der Waals surface area contributed by atoms with Gasteiger partial charge in [0.2, 0.25) is 5.75 Å². The molecule has 0 amide bonds. The van der Waals surface area contributed by atoms with Crippen LogP contribution in [-0.4, -0.2) is 36.4 Å². The average molecular weight is 367 g/mol. The molecule has 0 saturated carbocycles. The SMILES string of the molecule is COc1cc(CNc2nccnc2-c2ccc(O)cc2)cc(OC)c1OC. The molecule has 0 bridgehead atoms. The summed E-state index contributed by atoms with van der Waals surface area (Å²) in [5.41, 5.74) is 2.49.